The summed E-state index contributed by atoms with van der Waals surface area (Å²) in [6, 6.07) is 1.53. The lowest BCUT2D eigenvalue weighted by Gasteiger charge is -2.34. The van der Waals surface area contributed by atoms with Crippen LogP contribution in [0, 0.1) is 0 Å². The number of likely N-dealkylation sites (N-methyl/N-ethyl adjacent to an activating group) is 1. The normalized spacial score (nSPS) is 38.4. The summed E-state index contributed by atoms with van der Waals surface area (Å²) in [7, 11) is 0. The molecule has 2 nitrogen and oxygen atoms in total. The van der Waals surface area contributed by atoms with E-state index in [1.165, 1.54) is 44.6 Å². The second-order valence-corrected chi connectivity index (χ2v) is 6.36. The van der Waals surface area contributed by atoms with Crippen molar-refractivity contribution in [1.82, 2.24) is 10.2 Å². The summed E-state index contributed by atoms with van der Waals surface area (Å²) in [6.45, 7) is 8.44. The van der Waals surface area contributed by atoms with Crippen molar-refractivity contribution in [3.63, 3.8) is 0 Å². The summed E-state index contributed by atoms with van der Waals surface area (Å²) >= 11 is 2.12. The summed E-state index contributed by atoms with van der Waals surface area (Å²) < 4.78 is 0. The third-order valence-electron chi connectivity index (χ3n) is 3.78. The number of hydrogen-bond acceptors (Lipinski definition) is 3. The molecule has 0 radical (unpaired) electrons. The summed E-state index contributed by atoms with van der Waals surface area (Å²) in [5.41, 5.74) is 0. The zero-order valence-corrected chi connectivity index (χ0v) is 10.9. The number of piperidine rings is 1. The highest BCUT2D eigenvalue weighted by molar-refractivity contribution is 8.00. The van der Waals surface area contributed by atoms with Gasteiger partial charge in [-0.2, -0.15) is 11.8 Å². The van der Waals surface area contributed by atoms with Gasteiger partial charge < -0.3 is 10.2 Å². The maximum Gasteiger partial charge on any atom is 0.0198 e. The number of nitrogens with one attached hydrogen (secondary N) is 1. The number of thioether (sulfide) groups is 1. The molecule has 2 heterocycles. The third kappa shape index (κ3) is 3.11. The van der Waals surface area contributed by atoms with Gasteiger partial charge in [0.25, 0.3) is 0 Å². The van der Waals surface area contributed by atoms with E-state index in [2.05, 4.69) is 35.8 Å². The first kappa shape index (κ1) is 11.7. The van der Waals surface area contributed by atoms with Gasteiger partial charge in [-0.05, 0) is 38.1 Å². The fourth-order valence-corrected chi connectivity index (χ4v) is 3.94. The Labute approximate surface area is 98.2 Å². The van der Waals surface area contributed by atoms with Crippen molar-refractivity contribution in [3.8, 4) is 0 Å². The second kappa shape index (κ2) is 5.55. The monoisotopic (exact) mass is 228 g/mol. The predicted molar refractivity (Wildman–Crippen MR) is 68.6 cm³/mol. The Balaban J connectivity index is 1.78. The zero-order chi connectivity index (χ0) is 10.7. The Hall–Kier alpha value is 0.270. The first-order chi connectivity index (χ1) is 7.29. The van der Waals surface area contributed by atoms with E-state index in [9.17, 15) is 0 Å². The van der Waals surface area contributed by atoms with Crippen LogP contribution in [0.3, 0.4) is 0 Å². The van der Waals surface area contributed by atoms with E-state index in [0.717, 1.165) is 17.3 Å². The molecule has 3 heteroatoms. The Kier molecular flexibility index (Phi) is 4.35. The first-order valence-electron chi connectivity index (χ1n) is 6.39. The minimum absolute atomic E-state index is 0.754. The topological polar surface area (TPSA) is 15.3 Å². The Bertz CT molecular complexity index is 198. The van der Waals surface area contributed by atoms with Crippen LogP contribution in [0.25, 0.3) is 0 Å². The van der Waals surface area contributed by atoms with Gasteiger partial charge in [-0.25, -0.2) is 0 Å². The van der Waals surface area contributed by atoms with Crippen molar-refractivity contribution in [1.29, 1.82) is 0 Å². The van der Waals surface area contributed by atoms with Gasteiger partial charge in [0.1, 0.15) is 0 Å². The number of hydrogen-bond donors (Lipinski definition) is 1. The molecule has 0 saturated carbocycles. The summed E-state index contributed by atoms with van der Waals surface area (Å²) in [5.74, 6) is 1.35. The van der Waals surface area contributed by atoms with Crippen LogP contribution in [0.5, 0.6) is 0 Å². The van der Waals surface area contributed by atoms with Crippen molar-refractivity contribution < 1.29 is 0 Å². The molecule has 0 amide bonds. The van der Waals surface area contributed by atoms with E-state index in [0.29, 0.717) is 0 Å². The van der Waals surface area contributed by atoms with Gasteiger partial charge in [-0.15, -0.1) is 0 Å². The largest absolute Gasteiger partial charge is 0.309 e. The number of likely N-dealkylation sites (tertiary alicyclic amines) is 1. The van der Waals surface area contributed by atoms with Crippen molar-refractivity contribution in [2.45, 2.75) is 50.4 Å². The molecule has 2 aliphatic rings. The van der Waals surface area contributed by atoms with Crippen LogP contribution >= 0.6 is 11.8 Å². The molecule has 0 aromatic heterocycles. The van der Waals surface area contributed by atoms with Crippen LogP contribution in [0.1, 0.15) is 33.1 Å². The maximum absolute atomic E-state index is 3.87. The van der Waals surface area contributed by atoms with Gasteiger partial charge in [0.15, 0.2) is 0 Å². The summed E-state index contributed by atoms with van der Waals surface area (Å²) in [6.07, 6.45) is 4.12. The highest BCUT2D eigenvalue weighted by atomic mass is 32.2. The molecular formula is C12H24N2S. The van der Waals surface area contributed by atoms with Crippen molar-refractivity contribution in [3.05, 3.63) is 0 Å². The van der Waals surface area contributed by atoms with Gasteiger partial charge >= 0.3 is 0 Å². The standard InChI is InChI=1S/C12H24N2S/c1-3-14-7-4-5-11(9-14)13-12-6-8-15-10(12)2/h10-13H,3-9H2,1-2H3. The lowest BCUT2D eigenvalue weighted by atomic mass is 10.0. The fraction of sp³-hybridized carbons (Fsp3) is 1.00. The molecule has 0 aromatic rings. The average molecular weight is 228 g/mol. The summed E-state index contributed by atoms with van der Waals surface area (Å²) in [4.78, 5) is 2.58. The molecule has 0 bridgehead atoms. The minimum atomic E-state index is 0.754. The van der Waals surface area contributed by atoms with E-state index >= 15 is 0 Å². The van der Waals surface area contributed by atoms with E-state index in [1.807, 2.05) is 0 Å². The van der Waals surface area contributed by atoms with Crippen molar-refractivity contribution >= 4 is 11.8 Å². The van der Waals surface area contributed by atoms with Gasteiger partial charge in [0.05, 0.1) is 0 Å². The quantitative estimate of drug-likeness (QED) is 0.795. The van der Waals surface area contributed by atoms with E-state index in [1.54, 1.807) is 0 Å². The molecule has 2 rings (SSSR count). The SMILES string of the molecule is CCN1CCCC(NC2CCSC2C)C1. The molecular weight excluding hydrogens is 204 g/mol. The predicted octanol–water partition coefficient (Wildman–Crippen LogP) is 1.95. The third-order valence-corrected chi connectivity index (χ3v) is 5.10. The van der Waals surface area contributed by atoms with Crippen LogP contribution in [0.2, 0.25) is 0 Å². The molecule has 2 fully saturated rings. The van der Waals surface area contributed by atoms with E-state index in [4.69, 9.17) is 0 Å². The Morgan fingerprint density at radius 1 is 1.40 bits per heavy atom. The molecule has 3 unspecified atom stereocenters. The molecule has 3 atom stereocenters. The molecule has 2 saturated heterocycles. The summed E-state index contributed by atoms with van der Waals surface area (Å²) in [5, 5.41) is 4.69. The second-order valence-electron chi connectivity index (χ2n) is 4.87. The maximum atomic E-state index is 3.87. The van der Waals surface area contributed by atoms with E-state index < -0.39 is 0 Å². The molecule has 0 aromatic carbocycles. The van der Waals surface area contributed by atoms with Crippen LogP contribution in [-0.2, 0) is 0 Å². The smallest absolute Gasteiger partial charge is 0.0198 e. The van der Waals surface area contributed by atoms with Crippen LogP contribution in [0.15, 0.2) is 0 Å². The van der Waals surface area contributed by atoms with E-state index in [-0.39, 0.29) is 0 Å². The number of nitrogens with zero attached hydrogens (tertiary/aromatic N) is 1. The lowest BCUT2D eigenvalue weighted by Crippen LogP contribution is -2.50. The van der Waals surface area contributed by atoms with Gasteiger partial charge in [-0.3, -0.25) is 0 Å². The Morgan fingerprint density at radius 2 is 2.27 bits per heavy atom. The average Bonchev–Trinajstić information content (AvgIpc) is 2.65. The van der Waals surface area contributed by atoms with Crippen molar-refractivity contribution in [2.24, 2.45) is 0 Å². The molecule has 0 aliphatic carbocycles. The van der Waals surface area contributed by atoms with Gasteiger partial charge in [0, 0.05) is 23.9 Å². The molecule has 88 valence electrons. The fourth-order valence-electron chi connectivity index (χ4n) is 2.73. The molecule has 15 heavy (non-hydrogen) atoms. The van der Waals surface area contributed by atoms with Gasteiger partial charge in [0.2, 0.25) is 0 Å². The van der Waals surface area contributed by atoms with Crippen LogP contribution < -0.4 is 5.32 Å². The molecule has 0 spiro atoms. The first-order valence-corrected chi connectivity index (χ1v) is 7.44. The molecule has 1 N–H and O–H groups in total. The highest BCUT2D eigenvalue weighted by Crippen LogP contribution is 2.27. The van der Waals surface area contributed by atoms with Crippen molar-refractivity contribution in [2.75, 3.05) is 25.4 Å². The minimum Gasteiger partial charge on any atom is -0.309 e. The molecule has 2 aliphatic heterocycles. The van der Waals surface area contributed by atoms with Crippen LogP contribution in [-0.4, -0.2) is 47.6 Å². The van der Waals surface area contributed by atoms with Gasteiger partial charge in [-0.1, -0.05) is 13.8 Å². The zero-order valence-electron chi connectivity index (χ0n) is 10.0. The lowest BCUT2D eigenvalue weighted by molar-refractivity contribution is 0.190. The highest BCUT2D eigenvalue weighted by Gasteiger charge is 2.27. The number of rotatable bonds is 3. The van der Waals surface area contributed by atoms with Crippen LogP contribution in [0.4, 0.5) is 0 Å². The Morgan fingerprint density at radius 3 is 2.93 bits per heavy atom.